The van der Waals surface area contributed by atoms with Crippen molar-refractivity contribution in [2.24, 2.45) is 5.92 Å². The third-order valence-electron chi connectivity index (χ3n) is 3.40. The van der Waals surface area contributed by atoms with Crippen LogP contribution in [0.25, 0.3) is 0 Å². The number of rotatable bonds is 7. The normalized spacial score (nSPS) is 27.2. The molecule has 0 aromatic heterocycles. The molecular formula is C13H28N2O. The first-order valence-corrected chi connectivity index (χ1v) is 6.81. The summed E-state index contributed by atoms with van der Waals surface area (Å²) in [4.78, 5) is 2.53. The first-order chi connectivity index (χ1) is 7.77. The van der Waals surface area contributed by atoms with Crippen LogP contribution in [0.15, 0.2) is 0 Å². The van der Waals surface area contributed by atoms with Gasteiger partial charge in [0.25, 0.3) is 0 Å². The summed E-state index contributed by atoms with van der Waals surface area (Å²) in [6.07, 6.45) is 2.52. The summed E-state index contributed by atoms with van der Waals surface area (Å²) >= 11 is 0. The van der Waals surface area contributed by atoms with Gasteiger partial charge in [0.15, 0.2) is 0 Å². The second-order valence-electron chi connectivity index (χ2n) is 4.82. The predicted octanol–water partition coefficient (Wildman–Crippen LogP) is 1.73. The molecule has 96 valence electrons. The Bertz CT molecular complexity index is 175. The maximum absolute atomic E-state index is 5.41. The Balaban J connectivity index is 2.17. The molecule has 0 saturated carbocycles. The lowest BCUT2D eigenvalue weighted by atomic mass is 9.94. The smallest absolute Gasteiger partial charge is 0.0593 e. The van der Waals surface area contributed by atoms with Crippen molar-refractivity contribution in [2.75, 3.05) is 39.4 Å². The van der Waals surface area contributed by atoms with E-state index >= 15 is 0 Å². The first-order valence-electron chi connectivity index (χ1n) is 6.81. The molecule has 3 heteroatoms. The molecule has 1 heterocycles. The third kappa shape index (κ3) is 4.81. The minimum Gasteiger partial charge on any atom is -0.380 e. The van der Waals surface area contributed by atoms with E-state index in [0.717, 1.165) is 38.3 Å². The molecule has 1 aliphatic rings. The van der Waals surface area contributed by atoms with Crippen molar-refractivity contribution in [3.63, 3.8) is 0 Å². The van der Waals surface area contributed by atoms with Crippen LogP contribution in [0.3, 0.4) is 0 Å². The molecule has 1 saturated heterocycles. The summed E-state index contributed by atoms with van der Waals surface area (Å²) in [6, 6.07) is 0.725. The summed E-state index contributed by atoms with van der Waals surface area (Å²) in [5.41, 5.74) is 0. The van der Waals surface area contributed by atoms with E-state index in [4.69, 9.17) is 4.74 Å². The van der Waals surface area contributed by atoms with Crippen molar-refractivity contribution < 1.29 is 4.74 Å². The van der Waals surface area contributed by atoms with Crippen LogP contribution in [0.4, 0.5) is 0 Å². The molecule has 0 aliphatic carbocycles. The molecule has 0 spiro atoms. The molecule has 2 atom stereocenters. The SMILES string of the molecule is CCCNC1CCN(CCOCC)CC1C. The summed E-state index contributed by atoms with van der Waals surface area (Å²) in [6.45, 7) is 13.1. The molecule has 1 rings (SSSR count). The number of nitrogens with zero attached hydrogens (tertiary/aromatic N) is 1. The first kappa shape index (κ1) is 13.9. The van der Waals surface area contributed by atoms with Gasteiger partial charge in [0.1, 0.15) is 0 Å². The van der Waals surface area contributed by atoms with E-state index < -0.39 is 0 Å². The van der Waals surface area contributed by atoms with Gasteiger partial charge >= 0.3 is 0 Å². The Morgan fingerprint density at radius 3 is 2.81 bits per heavy atom. The second kappa shape index (κ2) is 8.04. The summed E-state index contributed by atoms with van der Waals surface area (Å²) in [7, 11) is 0. The highest BCUT2D eigenvalue weighted by molar-refractivity contribution is 4.82. The van der Waals surface area contributed by atoms with Crippen LogP contribution in [0.2, 0.25) is 0 Å². The Kier molecular flexibility index (Phi) is 7.01. The number of hydrogen-bond donors (Lipinski definition) is 1. The van der Waals surface area contributed by atoms with Crippen molar-refractivity contribution in [2.45, 2.75) is 39.7 Å². The van der Waals surface area contributed by atoms with E-state index in [1.165, 1.54) is 25.9 Å². The van der Waals surface area contributed by atoms with E-state index in [2.05, 4.69) is 31.0 Å². The second-order valence-corrected chi connectivity index (χ2v) is 4.82. The molecule has 0 bridgehead atoms. The molecule has 1 N–H and O–H groups in total. The van der Waals surface area contributed by atoms with Gasteiger partial charge in [-0.15, -0.1) is 0 Å². The monoisotopic (exact) mass is 228 g/mol. The maximum Gasteiger partial charge on any atom is 0.0593 e. The fraction of sp³-hybridized carbons (Fsp3) is 1.00. The highest BCUT2D eigenvalue weighted by atomic mass is 16.5. The van der Waals surface area contributed by atoms with Gasteiger partial charge in [-0.3, -0.25) is 0 Å². The molecule has 3 nitrogen and oxygen atoms in total. The maximum atomic E-state index is 5.41. The number of ether oxygens (including phenoxy) is 1. The Hall–Kier alpha value is -0.120. The lowest BCUT2D eigenvalue weighted by molar-refractivity contribution is 0.0839. The van der Waals surface area contributed by atoms with Gasteiger partial charge in [0.05, 0.1) is 6.61 Å². The molecule has 0 aromatic carbocycles. The third-order valence-corrected chi connectivity index (χ3v) is 3.40. The van der Waals surface area contributed by atoms with Crippen molar-refractivity contribution in [1.82, 2.24) is 10.2 Å². The largest absolute Gasteiger partial charge is 0.380 e. The van der Waals surface area contributed by atoms with E-state index in [9.17, 15) is 0 Å². The van der Waals surface area contributed by atoms with Crippen LogP contribution in [-0.4, -0.2) is 50.3 Å². The molecule has 0 radical (unpaired) electrons. The number of nitrogens with one attached hydrogen (secondary N) is 1. The lowest BCUT2D eigenvalue weighted by Crippen LogP contribution is -2.49. The number of hydrogen-bond acceptors (Lipinski definition) is 3. The van der Waals surface area contributed by atoms with E-state index in [0.29, 0.717) is 0 Å². The Labute approximate surface area is 101 Å². The van der Waals surface area contributed by atoms with Gasteiger partial charge in [-0.05, 0) is 38.8 Å². The molecular weight excluding hydrogens is 200 g/mol. The van der Waals surface area contributed by atoms with Gasteiger partial charge in [-0.1, -0.05) is 13.8 Å². The Morgan fingerprint density at radius 1 is 1.38 bits per heavy atom. The highest BCUT2D eigenvalue weighted by Crippen LogP contribution is 2.16. The minimum absolute atomic E-state index is 0.725. The van der Waals surface area contributed by atoms with Crippen LogP contribution in [0, 0.1) is 5.92 Å². The quantitative estimate of drug-likeness (QED) is 0.672. The van der Waals surface area contributed by atoms with E-state index in [1.807, 2.05) is 0 Å². The van der Waals surface area contributed by atoms with Crippen LogP contribution >= 0.6 is 0 Å². The minimum atomic E-state index is 0.725. The average molecular weight is 228 g/mol. The van der Waals surface area contributed by atoms with Crippen LogP contribution in [0.1, 0.15) is 33.6 Å². The Morgan fingerprint density at radius 2 is 2.19 bits per heavy atom. The molecule has 0 amide bonds. The van der Waals surface area contributed by atoms with E-state index in [-0.39, 0.29) is 0 Å². The molecule has 0 aromatic rings. The van der Waals surface area contributed by atoms with Crippen molar-refractivity contribution >= 4 is 0 Å². The predicted molar refractivity (Wildman–Crippen MR) is 68.8 cm³/mol. The standard InChI is InChI=1S/C13H28N2O/c1-4-7-14-13-6-8-15(11-12(13)3)9-10-16-5-2/h12-14H,4-11H2,1-3H3. The zero-order chi connectivity index (χ0) is 11.8. The van der Waals surface area contributed by atoms with Crippen LogP contribution < -0.4 is 5.32 Å². The van der Waals surface area contributed by atoms with Gasteiger partial charge < -0.3 is 15.0 Å². The summed E-state index contributed by atoms with van der Waals surface area (Å²) in [5.74, 6) is 0.766. The van der Waals surface area contributed by atoms with E-state index in [1.54, 1.807) is 0 Å². The molecule has 16 heavy (non-hydrogen) atoms. The van der Waals surface area contributed by atoms with Crippen molar-refractivity contribution in [1.29, 1.82) is 0 Å². The number of piperidine rings is 1. The van der Waals surface area contributed by atoms with Gasteiger partial charge in [0, 0.05) is 25.7 Å². The summed E-state index contributed by atoms with van der Waals surface area (Å²) < 4.78 is 5.41. The molecule has 2 unspecified atom stereocenters. The fourth-order valence-electron chi connectivity index (χ4n) is 2.41. The topological polar surface area (TPSA) is 24.5 Å². The van der Waals surface area contributed by atoms with Crippen LogP contribution in [-0.2, 0) is 4.74 Å². The van der Waals surface area contributed by atoms with Crippen molar-refractivity contribution in [3.8, 4) is 0 Å². The lowest BCUT2D eigenvalue weighted by Gasteiger charge is -2.37. The van der Waals surface area contributed by atoms with Gasteiger partial charge in [-0.25, -0.2) is 0 Å². The summed E-state index contributed by atoms with van der Waals surface area (Å²) in [5, 5.41) is 3.65. The van der Waals surface area contributed by atoms with Crippen molar-refractivity contribution in [3.05, 3.63) is 0 Å². The fourth-order valence-corrected chi connectivity index (χ4v) is 2.41. The average Bonchev–Trinajstić information content (AvgIpc) is 2.28. The zero-order valence-corrected chi connectivity index (χ0v) is 11.2. The van der Waals surface area contributed by atoms with Crippen LogP contribution in [0.5, 0.6) is 0 Å². The van der Waals surface area contributed by atoms with Gasteiger partial charge in [-0.2, -0.15) is 0 Å². The van der Waals surface area contributed by atoms with Gasteiger partial charge in [0.2, 0.25) is 0 Å². The number of likely N-dealkylation sites (tertiary alicyclic amines) is 1. The zero-order valence-electron chi connectivity index (χ0n) is 11.2. The highest BCUT2D eigenvalue weighted by Gasteiger charge is 2.24. The molecule has 1 fully saturated rings. The molecule has 1 aliphatic heterocycles.